The van der Waals surface area contributed by atoms with Crippen LogP contribution in [0.1, 0.15) is 62.7 Å². The van der Waals surface area contributed by atoms with Crippen molar-refractivity contribution in [2.75, 3.05) is 13.2 Å². The molecule has 0 spiro atoms. The highest BCUT2D eigenvalue weighted by Crippen LogP contribution is 2.39. The number of aliphatic hydroxyl groups is 1. The summed E-state index contributed by atoms with van der Waals surface area (Å²) in [6.45, 7) is 3.95. The van der Waals surface area contributed by atoms with Gasteiger partial charge in [0.2, 0.25) is 5.82 Å². The van der Waals surface area contributed by atoms with Crippen LogP contribution >= 0.6 is 0 Å². The number of rotatable bonds is 7. The fourth-order valence-electron chi connectivity index (χ4n) is 3.87. The minimum Gasteiger partial charge on any atom is -0.491 e. The lowest BCUT2D eigenvalue weighted by atomic mass is 9.79. The number of ether oxygens (including phenoxy) is 2. The normalized spacial score (nSPS) is 20.3. The SMILES string of the molecule is CCOc1ccc(C2CCC(COc3ccc(C(C)O)cc3F)CC2)c(F)c1F. The molecule has 3 nitrogen and oxygen atoms in total. The molecule has 2 aromatic carbocycles. The highest BCUT2D eigenvalue weighted by molar-refractivity contribution is 5.33. The Morgan fingerprint density at radius 1 is 0.966 bits per heavy atom. The van der Waals surface area contributed by atoms with E-state index in [1.54, 1.807) is 26.0 Å². The van der Waals surface area contributed by atoms with Crippen LogP contribution in [-0.4, -0.2) is 18.3 Å². The zero-order valence-corrected chi connectivity index (χ0v) is 16.8. The molecule has 1 unspecified atom stereocenters. The van der Waals surface area contributed by atoms with Gasteiger partial charge in [0, 0.05) is 0 Å². The number of hydrogen-bond donors (Lipinski definition) is 1. The summed E-state index contributed by atoms with van der Waals surface area (Å²) in [4.78, 5) is 0. The van der Waals surface area contributed by atoms with Crippen molar-refractivity contribution < 1.29 is 27.8 Å². The average Bonchev–Trinajstić information content (AvgIpc) is 2.71. The Labute approximate surface area is 169 Å². The second-order valence-corrected chi connectivity index (χ2v) is 7.61. The lowest BCUT2D eigenvalue weighted by Gasteiger charge is -2.29. The van der Waals surface area contributed by atoms with Gasteiger partial charge in [-0.05, 0) is 80.7 Å². The second-order valence-electron chi connectivity index (χ2n) is 7.61. The van der Waals surface area contributed by atoms with Gasteiger partial charge in [-0.2, -0.15) is 4.39 Å². The zero-order chi connectivity index (χ0) is 21.0. The quantitative estimate of drug-likeness (QED) is 0.619. The number of halogens is 3. The minimum absolute atomic E-state index is 0.0431. The summed E-state index contributed by atoms with van der Waals surface area (Å²) in [5.41, 5.74) is 0.894. The fraction of sp³-hybridized carbons (Fsp3) is 0.478. The van der Waals surface area contributed by atoms with E-state index >= 15 is 0 Å². The molecule has 2 aromatic rings. The zero-order valence-electron chi connectivity index (χ0n) is 16.8. The van der Waals surface area contributed by atoms with Crippen LogP contribution in [0.5, 0.6) is 11.5 Å². The molecular weight excluding hydrogens is 381 g/mol. The predicted molar refractivity (Wildman–Crippen MR) is 105 cm³/mol. The van der Waals surface area contributed by atoms with E-state index < -0.39 is 23.6 Å². The van der Waals surface area contributed by atoms with Gasteiger partial charge < -0.3 is 14.6 Å². The molecule has 6 heteroatoms. The Kier molecular flexibility index (Phi) is 7.06. The molecule has 1 fully saturated rings. The van der Waals surface area contributed by atoms with Crippen molar-refractivity contribution in [3.05, 3.63) is 58.9 Å². The van der Waals surface area contributed by atoms with Gasteiger partial charge >= 0.3 is 0 Å². The van der Waals surface area contributed by atoms with E-state index in [1.165, 1.54) is 18.2 Å². The van der Waals surface area contributed by atoms with E-state index in [2.05, 4.69) is 0 Å². The molecule has 1 N–H and O–H groups in total. The van der Waals surface area contributed by atoms with E-state index in [0.29, 0.717) is 17.7 Å². The third-order valence-electron chi connectivity index (χ3n) is 5.58. The van der Waals surface area contributed by atoms with Crippen molar-refractivity contribution in [2.45, 2.75) is 51.6 Å². The third kappa shape index (κ3) is 5.04. The standard InChI is InChI=1S/C23H27F3O3/c1-3-28-21-11-9-18(22(25)23(21)26)16-6-4-15(5-7-16)13-29-20-10-8-17(14(2)27)12-19(20)24/h8-12,14-16,27H,3-7,13H2,1-2H3. The molecule has 0 saturated heterocycles. The topological polar surface area (TPSA) is 38.7 Å². The molecule has 29 heavy (non-hydrogen) atoms. The maximum absolute atomic E-state index is 14.4. The molecule has 0 radical (unpaired) electrons. The smallest absolute Gasteiger partial charge is 0.200 e. The van der Waals surface area contributed by atoms with Crippen LogP contribution in [0, 0.1) is 23.4 Å². The van der Waals surface area contributed by atoms with Crippen LogP contribution in [0.15, 0.2) is 30.3 Å². The van der Waals surface area contributed by atoms with Gasteiger partial charge in [-0.1, -0.05) is 12.1 Å². The first-order valence-corrected chi connectivity index (χ1v) is 10.1. The Balaban J connectivity index is 1.55. The van der Waals surface area contributed by atoms with Crippen molar-refractivity contribution in [2.24, 2.45) is 5.92 Å². The highest BCUT2D eigenvalue weighted by Gasteiger charge is 2.27. The number of benzene rings is 2. The molecule has 1 aliphatic rings. The van der Waals surface area contributed by atoms with Crippen LogP contribution in [0.2, 0.25) is 0 Å². The van der Waals surface area contributed by atoms with E-state index in [-0.39, 0.29) is 29.9 Å². The summed E-state index contributed by atoms with van der Waals surface area (Å²) >= 11 is 0. The van der Waals surface area contributed by atoms with Gasteiger partial charge in [0.25, 0.3) is 0 Å². The largest absolute Gasteiger partial charge is 0.491 e. The Hall–Kier alpha value is -2.21. The van der Waals surface area contributed by atoms with Gasteiger partial charge in [-0.25, -0.2) is 8.78 Å². The Morgan fingerprint density at radius 3 is 2.28 bits per heavy atom. The number of hydrogen-bond acceptors (Lipinski definition) is 3. The average molecular weight is 408 g/mol. The maximum atomic E-state index is 14.4. The molecule has 1 atom stereocenters. The molecule has 158 valence electrons. The molecule has 0 aromatic heterocycles. The Bertz CT molecular complexity index is 830. The summed E-state index contributed by atoms with van der Waals surface area (Å²) < 4.78 is 53.4. The van der Waals surface area contributed by atoms with Crippen molar-refractivity contribution >= 4 is 0 Å². The van der Waals surface area contributed by atoms with Crippen LogP contribution in [-0.2, 0) is 0 Å². The molecule has 0 heterocycles. The molecule has 0 aliphatic heterocycles. The van der Waals surface area contributed by atoms with Gasteiger partial charge in [0.15, 0.2) is 23.1 Å². The van der Waals surface area contributed by atoms with Crippen LogP contribution in [0.4, 0.5) is 13.2 Å². The molecule has 0 amide bonds. The van der Waals surface area contributed by atoms with E-state index in [9.17, 15) is 18.3 Å². The van der Waals surface area contributed by atoms with Crippen LogP contribution in [0.3, 0.4) is 0 Å². The van der Waals surface area contributed by atoms with Gasteiger partial charge in [-0.3, -0.25) is 0 Å². The van der Waals surface area contributed by atoms with Crippen molar-refractivity contribution in [3.63, 3.8) is 0 Å². The fourth-order valence-corrected chi connectivity index (χ4v) is 3.87. The lowest BCUT2D eigenvalue weighted by molar-refractivity contribution is 0.190. The number of aliphatic hydroxyl groups excluding tert-OH is 1. The molecule has 1 aliphatic carbocycles. The van der Waals surface area contributed by atoms with Crippen molar-refractivity contribution in [1.82, 2.24) is 0 Å². The van der Waals surface area contributed by atoms with E-state index in [0.717, 1.165) is 25.7 Å². The minimum atomic E-state index is -0.925. The van der Waals surface area contributed by atoms with E-state index in [4.69, 9.17) is 9.47 Å². The highest BCUT2D eigenvalue weighted by atomic mass is 19.2. The third-order valence-corrected chi connectivity index (χ3v) is 5.58. The van der Waals surface area contributed by atoms with Gasteiger partial charge in [0.05, 0.1) is 19.3 Å². The van der Waals surface area contributed by atoms with Gasteiger partial charge in [-0.15, -0.1) is 0 Å². The molecular formula is C23H27F3O3. The summed E-state index contributed by atoms with van der Waals surface area (Å²) in [5, 5.41) is 9.51. The molecule has 0 bridgehead atoms. The summed E-state index contributed by atoms with van der Waals surface area (Å²) in [5.74, 6) is -1.95. The lowest BCUT2D eigenvalue weighted by Crippen LogP contribution is -2.20. The first-order valence-electron chi connectivity index (χ1n) is 10.1. The first kappa shape index (κ1) is 21.5. The van der Waals surface area contributed by atoms with E-state index in [1.807, 2.05) is 0 Å². The summed E-state index contributed by atoms with van der Waals surface area (Å²) in [6.07, 6.45) is 2.31. The molecule has 3 rings (SSSR count). The maximum Gasteiger partial charge on any atom is 0.200 e. The van der Waals surface area contributed by atoms with Crippen LogP contribution < -0.4 is 9.47 Å². The summed E-state index contributed by atoms with van der Waals surface area (Å²) in [6, 6.07) is 7.56. The van der Waals surface area contributed by atoms with Gasteiger partial charge in [0.1, 0.15) is 0 Å². The monoisotopic (exact) mass is 408 g/mol. The predicted octanol–water partition coefficient (Wildman–Crippen LogP) is 5.91. The van der Waals surface area contributed by atoms with Crippen molar-refractivity contribution in [1.29, 1.82) is 0 Å². The Morgan fingerprint density at radius 2 is 1.66 bits per heavy atom. The second kappa shape index (κ2) is 9.53. The summed E-state index contributed by atoms with van der Waals surface area (Å²) in [7, 11) is 0. The van der Waals surface area contributed by atoms with Crippen LogP contribution in [0.25, 0.3) is 0 Å². The van der Waals surface area contributed by atoms with Crippen molar-refractivity contribution in [3.8, 4) is 11.5 Å². The first-order chi connectivity index (χ1) is 13.9. The molecule has 1 saturated carbocycles.